The summed E-state index contributed by atoms with van der Waals surface area (Å²) in [6.07, 6.45) is 8.63. The van der Waals surface area contributed by atoms with E-state index in [2.05, 4.69) is 19.8 Å². The Hall–Kier alpha value is -2.27. The predicted molar refractivity (Wildman–Crippen MR) is 104 cm³/mol. The van der Waals surface area contributed by atoms with Gasteiger partial charge in [0.2, 0.25) is 5.91 Å². The first-order valence-corrected chi connectivity index (χ1v) is 10.1. The highest BCUT2D eigenvalue weighted by Crippen LogP contribution is 2.70. The molecule has 1 aromatic heterocycles. The maximum absolute atomic E-state index is 12.7. The van der Waals surface area contributed by atoms with Crippen molar-refractivity contribution in [1.29, 1.82) is 0 Å². The number of amides is 1. The Labute approximate surface area is 160 Å². The summed E-state index contributed by atoms with van der Waals surface area (Å²) in [5, 5.41) is 0. The van der Waals surface area contributed by atoms with Crippen molar-refractivity contribution < 1.29 is 4.79 Å². The lowest BCUT2D eigenvalue weighted by molar-refractivity contribution is -0.132. The quantitative estimate of drug-likeness (QED) is 0.839. The highest BCUT2D eigenvalue weighted by atomic mass is 16.2. The van der Waals surface area contributed by atoms with Crippen molar-refractivity contribution in [2.45, 2.75) is 32.2 Å². The van der Waals surface area contributed by atoms with Gasteiger partial charge in [0.15, 0.2) is 5.82 Å². The molecule has 0 radical (unpaired) electrons. The SMILES string of the molecule is O=C(C1CC12CC2)N1CCCN(Cc2cnc(-c3ccccc3)nc2)CC1. The average molecular weight is 362 g/mol. The molecule has 2 saturated carbocycles. The van der Waals surface area contributed by atoms with Crippen LogP contribution in [0.25, 0.3) is 11.4 Å². The fourth-order valence-electron chi connectivity index (χ4n) is 4.41. The highest BCUT2D eigenvalue weighted by molar-refractivity contribution is 5.83. The molecule has 5 heteroatoms. The first-order chi connectivity index (χ1) is 13.2. The first-order valence-electron chi connectivity index (χ1n) is 10.1. The zero-order valence-electron chi connectivity index (χ0n) is 15.7. The Bertz CT molecular complexity index is 816. The molecule has 5 rings (SSSR count). The van der Waals surface area contributed by atoms with Crippen LogP contribution in [-0.4, -0.2) is 51.9 Å². The van der Waals surface area contributed by atoms with Gasteiger partial charge in [-0.15, -0.1) is 0 Å². The monoisotopic (exact) mass is 362 g/mol. The van der Waals surface area contributed by atoms with Gasteiger partial charge in [-0.1, -0.05) is 30.3 Å². The maximum atomic E-state index is 12.7. The topological polar surface area (TPSA) is 49.3 Å². The van der Waals surface area contributed by atoms with Crippen LogP contribution in [0.15, 0.2) is 42.7 Å². The van der Waals surface area contributed by atoms with Crippen LogP contribution < -0.4 is 0 Å². The summed E-state index contributed by atoms with van der Waals surface area (Å²) in [7, 11) is 0. The van der Waals surface area contributed by atoms with E-state index in [0.717, 1.165) is 62.5 Å². The van der Waals surface area contributed by atoms with Gasteiger partial charge in [-0.05, 0) is 31.1 Å². The van der Waals surface area contributed by atoms with Crippen LogP contribution in [-0.2, 0) is 11.3 Å². The fourth-order valence-corrected chi connectivity index (χ4v) is 4.41. The average Bonchev–Trinajstić information content (AvgIpc) is 3.63. The van der Waals surface area contributed by atoms with Crippen molar-refractivity contribution in [2.75, 3.05) is 26.2 Å². The van der Waals surface area contributed by atoms with Crippen molar-refractivity contribution in [3.63, 3.8) is 0 Å². The van der Waals surface area contributed by atoms with Crippen molar-refractivity contribution in [3.8, 4) is 11.4 Å². The molecule has 2 aromatic rings. The van der Waals surface area contributed by atoms with Gasteiger partial charge < -0.3 is 4.90 Å². The Morgan fingerprint density at radius 3 is 2.52 bits per heavy atom. The van der Waals surface area contributed by atoms with Crippen LogP contribution in [0.1, 0.15) is 31.2 Å². The fraction of sp³-hybridized carbons (Fsp3) is 0.500. The van der Waals surface area contributed by atoms with Crippen LogP contribution in [0.4, 0.5) is 0 Å². The van der Waals surface area contributed by atoms with Gasteiger partial charge in [-0.2, -0.15) is 0 Å². The Morgan fingerprint density at radius 1 is 1.04 bits per heavy atom. The Morgan fingerprint density at radius 2 is 1.81 bits per heavy atom. The molecule has 0 N–H and O–H groups in total. The molecular weight excluding hydrogens is 336 g/mol. The van der Waals surface area contributed by atoms with Crippen LogP contribution in [0.2, 0.25) is 0 Å². The van der Waals surface area contributed by atoms with Gasteiger partial charge in [-0.3, -0.25) is 9.69 Å². The number of carbonyl (C=O) groups is 1. The van der Waals surface area contributed by atoms with E-state index < -0.39 is 0 Å². The third-order valence-corrected chi connectivity index (χ3v) is 6.42. The van der Waals surface area contributed by atoms with Crippen molar-refractivity contribution >= 4 is 5.91 Å². The number of benzene rings is 1. The lowest BCUT2D eigenvalue weighted by Crippen LogP contribution is -2.36. The molecule has 1 aliphatic heterocycles. The van der Waals surface area contributed by atoms with E-state index >= 15 is 0 Å². The van der Waals surface area contributed by atoms with Crippen LogP contribution in [0, 0.1) is 11.3 Å². The Balaban J connectivity index is 1.17. The number of nitrogens with zero attached hydrogens (tertiary/aromatic N) is 4. The molecule has 3 aliphatic rings. The van der Waals surface area contributed by atoms with E-state index in [1.807, 2.05) is 42.7 Å². The van der Waals surface area contributed by atoms with Gasteiger partial charge in [-0.25, -0.2) is 9.97 Å². The van der Waals surface area contributed by atoms with Gasteiger partial charge in [0.25, 0.3) is 0 Å². The number of aromatic nitrogens is 2. The van der Waals surface area contributed by atoms with Crippen LogP contribution in [0.5, 0.6) is 0 Å². The summed E-state index contributed by atoms with van der Waals surface area (Å²) in [5.74, 6) is 1.54. The molecule has 1 aromatic carbocycles. The molecule has 2 aliphatic carbocycles. The van der Waals surface area contributed by atoms with Gasteiger partial charge in [0, 0.05) is 62.2 Å². The molecule has 1 amide bonds. The zero-order chi connectivity index (χ0) is 18.3. The molecule has 1 atom stereocenters. The minimum Gasteiger partial charge on any atom is -0.341 e. The normalized spacial score (nSPS) is 23.9. The van der Waals surface area contributed by atoms with E-state index in [1.54, 1.807) is 0 Å². The van der Waals surface area contributed by atoms with E-state index in [4.69, 9.17) is 0 Å². The second-order valence-corrected chi connectivity index (χ2v) is 8.36. The summed E-state index contributed by atoms with van der Waals surface area (Å²) in [6, 6.07) is 10.1. The second-order valence-electron chi connectivity index (χ2n) is 8.36. The largest absolute Gasteiger partial charge is 0.341 e. The third kappa shape index (κ3) is 3.48. The summed E-state index contributed by atoms with van der Waals surface area (Å²) in [5.41, 5.74) is 2.64. The first kappa shape index (κ1) is 16.9. The smallest absolute Gasteiger partial charge is 0.226 e. The molecular formula is C22H26N4O. The summed E-state index contributed by atoms with van der Waals surface area (Å²) >= 11 is 0. The van der Waals surface area contributed by atoms with Crippen molar-refractivity contribution in [1.82, 2.24) is 19.8 Å². The molecule has 2 heterocycles. The lowest BCUT2D eigenvalue weighted by Gasteiger charge is -2.22. The van der Waals surface area contributed by atoms with E-state index in [1.165, 1.54) is 12.8 Å². The number of hydrogen-bond acceptors (Lipinski definition) is 4. The van der Waals surface area contributed by atoms with Crippen LogP contribution in [0.3, 0.4) is 0 Å². The molecule has 5 nitrogen and oxygen atoms in total. The van der Waals surface area contributed by atoms with E-state index in [-0.39, 0.29) is 0 Å². The summed E-state index contributed by atoms with van der Waals surface area (Å²) in [4.78, 5) is 26.3. The minimum atomic E-state index is 0.350. The lowest BCUT2D eigenvalue weighted by atomic mass is 10.2. The predicted octanol–water partition coefficient (Wildman–Crippen LogP) is 2.98. The second kappa shape index (κ2) is 6.71. The number of rotatable bonds is 4. The molecule has 1 unspecified atom stereocenters. The maximum Gasteiger partial charge on any atom is 0.226 e. The summed E-state index contributed by atoms with van der Waals surface area (Å²) < 4.78 is 0. The molecule has 140 valence electrons. The highest BCUT2D eigenvalue weighted by Gasteiger charge is 2.66. The van der Waals surface area contributed by atoms with Crippen molar-refractivity contribution in [3.05, 3.63) is 48.3 Å². The van der Waals surface area contributed by atoms with Crippen molar-refractivity contribution in [2.24, 2.45) is 11.3 Å². The molecule has 1 spiro atoms. The van der Waals surface area contributed by atoms with Gasteiger partial charge in [0.05, 0.1) is 0 Å². The number of carbonyl (C=O) groups excluding carboxylic acids is 1. The number of hydrogen-bond donors (Lipinski definition) is 0. The third-order valence-electron chi connectivity index (χ3n) is 6.42. The van der Waals surface area contributed by atoms with Gasteiger partial charge >= 0.3 is 0 Å². The van der Waals surface area contributed by atoms with E-state index in [9.17, 15) is 4.79 Å². The molecule has 27 heavy (non-hydrogen) atoms. The van der Waals surface area contributed by atoms with Gasteiger partial charge in [0.1, 0.15) is 0 Å². The minimum absolute atomic E-state index is 0.350. The Kier molecular flexibility index (Phi) is 4.20. The zero-order valence-corrected chi connectivity index (χ0v) is 15.7. The summed E-state index contributed by atoms with van der Waals surface area (Å²) in [6.45, 7) is 4.58. The van der Waals surface area contributed by atoms with E-state index in [0.29, 0.717) is 17.2 Å². The standard InChI is InChI=1S/C22H26N4O/c27-21(19-13-22(19)7-8-22)26-10-4-9-25(11-12-26)16-17-14-23-20(24-15-17)18-5-2-1-3-6-18/h1-3,5-6,14-15,19H,4,7-13,16H2. The molecule has 0 bridgehead atoms. The van der Waals surface area contributed by atoms with Crippen LogP contribution >= 0.6 is 0 Å². The molecule has 3 fully saturated rings. The molecule has 1 saturated heterocycles.